The van der Waals surface area contributed by atoms with Gasteiger partial charge < -0.3 is 19.9 Å². The molecule has 0 aliphatic carbocycles. The summed E-state index contributed by atoms with van der Waals surface area (Å²) >= 11 is 0. The second-order valence-electron chi connectivity index (χ2n) is 4.60. The molecule has 0 radical (unpaired) electrons. The maximum atomic E-state index is 10.2. The van der Waals surface area contributed by atoms with Gasteiger partial charge in [0.05, 0.1) is 11.7 Å². The lowest BCUT2D eigenvalue weighted by atomic mass is 9.94. The summed E-state index contributed by atoms with van der Waals surface area (Å²) in [5.41, 5.74) is -0.559. The first kappa shape index (κ1) is 11.3. The van der Waals surface area contributed by atoms with Gasteiger partial charge in [0.2, 0.25) is 0 Å². The van der Waals surface area contributed by atoms with E-state index >= 15 is 0 Å². The average Bonchev–Trinajstić information content (AvgIpc) is 2.71. The third kappa shape index (κ3) is 3.41. The van der Waals surface area contributed by atoms with E-state index < -0.39 is 5.60 Å². The molecule has 2 heterocycles. The molecule has 0 bridgehead atoms. The van der Waals surface area contributed by atoms with Gasteiger partial charge in [-0.2, -0.15) is 0 Å². The Kier molecular flexibility index (Phi) is 3.97. The molecule has 0 amide bonds. The summed E-state index contributed by atoms with van der Waals surface area (Å²) in [7, 11) is 0. The maximum Gasteiger partial charge on any atom is 0.0815 e. The Bertz CT molecular complexity index is 186. The van der Waals surface area contributed by atoms with E-state index in [4.69, 9.17) is 9.47 Å². The number of hydrogen-bond donors (Lipinski definition) is 2. The molecule has 15 heavy (non-hydrogen) atoms. The van der Waals surface area contributed by atoms with E-state index in [2.05, 4.69) is 5.32 Å². The van der Waals surface area contributed by atoms with Gasteiger partial charge in [0.25, 0.3) is 0 Å². The highest BCUT2D eigenvalue weighted by atomic mass is 16.5. The third-order valence-corrected chi connectivity index (χ3v) is 3.27. The van der Waals surface area contributed by atoms with E-state index in [0.717, 1.165) is 32.4 Å². The van der Waals surface area contributed by atoms with Crippen molar-refractivity contribution in [3.8, 4) is 0 Å². The van der Waals surface area contributed by atoms with Gasteiger partial charge in [-0.3, -0.25) is 0 Å². The SMILES string of the molecule is OC1(CNCC2CCCO2)CCOCC1. The van der Waals surface area contributed by atoms with Crippen LogP contribution < -0.4 is 5.32 Å². The molecular weight excluding hydrogens is 194 g/mol. The van der Waals surface area contributed by atoms with Gasteiger partial charge in [0, 0.05) is 45.8 Å². The molecule has 0 spiro atoms. The molecule has 0 saturated carbocycles. The number of hydrogen-bond acceptors (Lipinski definition) is 4. The number of aliphatic hydroxyl groups is 1. The van der Waals surface area contributed by atoms with Crippen LogP contribution in [0.3, 0.4) is 0 Å². The fraction of sp³-hybridized carbons (Fsp3) is 1.00. The number of nitrogens with one attached hydrogen (secondary N) is 1. The Balaban J connectivity index is 1.63. The van der Waals surface area contributed by atoms with Crippen LogP contribution in [0.15, 0.2) is 0 Å². The van der Waals surface area contributed by atoms with E-state index in [1.54, 1.807) is 0 Å². The van der Waals surface area contributed by atoms with E-state index in [9.17, 15) is 5.11 Å². The molecular formula is C11H21NO3. The standard InChI is InChI=1S/C11H21NO3/c13-11(3-6-14-7-4-11)9-12-8-10-2-1-5-15-10/h10,12-13H,1-9H2. The molecule has 2 aliphatic rings. The molecule has 0 aromatic rings. The normalized spacial score (nSPS) is 30.6. The maximum absolute atomic E-state index is 10.2. The van der Waals surface area contributed by atoms with Crippen molar-refractivity contribution in [2.75, 3.05) is 32.9 Å². The smallest absolute Gasteiger partial charge is 0.0815 e. The van der Waals surface area contributed by atoms with Crippen molar-refractivity contribution in [1.82, 2.24) is 5.32 Å². The summed E-state index contributed by atoms with van der Waals surface area (Å²) in [6.45, 7) is 3.78. The minimum absolute atomic E-state index is 0.355. The number of ether oxygens (including phenoxy) is 2. The summed E-state index contributed by atoms with van der Waals surface area (Å²) in [6.07, 6.45) is 4.16. The number of rotatable bonds is 4. The average molecular weight is 215 g/mol. The zero-order chi connectivity index (χ0) is 10.6. The molecule has 88 valence electrons. The summed E-state index contributed by atoms with van der Waals surface area (Å²) in [4.78, 5) is 0. The minimum atomic E-state index is -0.559. The monoisotopic (exact) mass is 215 g/mol. The van der Waals surface area contributed by atoms with Crippen LogP contribution in [0.25, 0.3) is 0 Å². The summed E-state index contributed by atoms with van der Waals surface area (Å²) < 4.78 is 10.7. The van der Waals surface area contributed by atoms with Crippen LogP contribution in [0.1, 0.15) is 25.7 Å². The fourth-order valence-corrected chi connectivity index (χ4v) is 2.20. The Morgan fingerprint density at radius 2 is 2.07 bits per heavy atom. The zero-order valence-electron chi connectivity index (χ0n) is 9.21. The van der Waals surface area contributed by atoms with Crippen molar-refractivity contribution in [2.45, 2.75) is 37.4 Å². The highest BCUT2D eigenvalue weighted by molar-refractivity contribution is 4.84. The highest BCUT2D eigenvalue weighted by Crippen LogP contribution is 2.19. The van der Waals surface area contributed by atoms with Crippen LogP contribution in [0, 0.1) is 0 Å². The molecule has 0 aromatic carbocycles. The molecule has 2 rings (SSSR count). The Labute approximate surface area is 90.9 Å². The molecule has 2 fully saturated rings. The van der Waals surface area contributed by atoms with Gasteiger partial charge in [-0.25, -0.2) is 0 Å². The van der Waals surface area contributed by atoms with Crippen molar-refractivity contribution in [2.24, 2.45) is 0 Å². The Morgan fingerprint density at radius 1 is 1.27 bits per heavy atom. The molecule has 4 heteroatoms. The second-order valence-corrected chi connectivity index (χ2v) is 4.60. The topological polar surface area (TPSA) is 50.7 Å². The van der Waals surface area contributed by atoms with Crippen molar-refractivity contribution in [3.05, 3.63) is 0 Å². The van der Waals surface area contributed by atoms with Crippen LogP contribution in [-0.4, -0.2) is 49.7 Å². The lowest BCUT2D eigenvalue weighted by Crippen LogP contribution is -2.46. The molecule has 0 aromatic heterocycles. The molecule has 2 aliphatic heterocycles. The first-order valence-electron chi connectivity index (χ1n) is 5.91. The van der Waals surface area contributed by atoms with Gasteiger partial charge in [-0.1, -0.05) is 0 Å². The summed E-state index contributed by atoms with van der Waals surface area (Å²) in [5, 5.41) is 13.5. The predicted molar refractivity (Wildman–Crippen MR) is 56.8 cm³/mol. The van der Waals surface area contributed by atoms with E-state index in [0.29, 0.717) is 25.9 Å². The predicted octanol–water partition coefficient (Wildman–Crippen LogP) is 0.296. The molecule has 1 unspecified atom stereocenters. The highest BCUT2D eigenvalue weighted by Gasteiger charge is 2.29. The van der Waals surface area contributed by atoms with Crippen molar-refractivity contribution in [1.29, 1.82) is 0 Å². The van der Waals surface area contributed by atoms with E-state index in [1.165, 1.54) is 6.42 Å². The Hall–Kier alpha value is -0.160. The largest absolute Gasteiger partial charge is 0.388 e. The van der Waals surface area contributed by atoms with Gasteiger partial charge in [-0.05, 0) is 12.8 Å². The minimum Gasteiger partial charge on any atom is -0.388 e. The first-order valence-corrected chi connectivity index (χ1v) is 5.91. The van der Waals surface area contributed by atoms with Crippen LogP contribution >= 0.6 is 0 Å². The first-order chi connectivity index (χ1) is 7.29. The third-order valence-electron chi connectivity index (χ3n) is 3.27. The van der Waals surface area contributed by atoms with Crippen molar-refractivity contribution in [3.63, 3.8) is 0 Å². The van der Waals surface area contributed by atoms with Gasteiger partial charge >= 0.3 is 0 Å². The van der Waals surface area contributed by atoms with E-state index in [1.807, 2.05) is 0 Å². The molecule has 1 atom stereocenters. The second kappa shape index (κ2) is 5.25. The van der Waals surface area contributed by atoms with Gasteiger partial charge in [-0.15, -0.1) is 0 Å². The quantitative estimate of drug-likeness (QED) is 0.708. The summed E-state index contributed by atoms with van der Waals surface area (Å²) in [6, 6.07) is 0. The molecule has 2 saturated heterocycles. The van der Waals surface area contributed by atoms with E-state index in [-0.39, 0.29) is 0 Å². The van der Waals surface area contributed by atoms with Crippen LogP contribution in [0.2, 0.25) is 0 Å². The molecule has 4 nitrogen and oxygen atoms in total. The lowest BCUT2D eigenvalue weighted by Gasteiger charge is -2.32. The lowest BCUT2D eigenvalue weighted by molar-refractivity contribution is -0.0625. The van der Waals surface area contributed by atoms with Gasteiger partial charge in [0.15, 0.2) is 0 Å². The Morgan fingerprint density at radius 3 is 2.73 bits per heavy atom. The summed E-state index contributed by atoms with van der Waals surface area (Å²) in [5.74, 6) is 0. The van der Waals surface area contributed by atoms with Crippen LogP contribution in [0.4, 0.5) is 0 Å². The van der Waals surface area contributed by atoms with Crippen molar-refractivity contribution >= 4 is 0 Å². The van der Waals surface area contributed by atoms with Crippen molar-refractivity contribution < 1.29 is 14.6 Å². The van der Waals surface area contributed by atoms with Crippen LogP contribution in [-0.2, 0) is 9.47 Å². The fourth-order valence-electron chi connectivity index (χ4n) is 2.20. The molecule has 2 N–H and O–H groups in total. The zero-order valence-corrected chi connectivity index (χ0v) is 9.21. The van der Waals surface area contributed by atoms with Gasteiger partial charge in [0.1, 0.15) is 0 Å². The van der Waals surface area contributed by atoms with Crippen LogP contribution in [0.5, 0.6) is 0 Å².